The van der Waals surface area contributed by atoms with Gasteiger partial charge in [-0.3, -0.25) is 4.79 Å². The molecule has 0 fully saturated rings. The van der Waals surface area contributed by atoms with E-state index in [0.717, 1.165) is 43.2 Å². The Morgan fingerprint density at radius 1 is 0.837 bits per heavy atom. The minimum atomic E-state index is -1.05. The summed E-state index contributed by atoms with van der Waals surface area (Å²) in [5.41, 5.74) is -0.748. The third-order valence-corrected chi connectivity index (χ3v) is 8.06. The normalized spacial score (nSPS) is 15.8. The van der Waals surface area contributed by atoms with Gasteiger partial charge in [-0.15, -0.1) is 0 Å². The highest BCUT2D eigenvalue weighted by molar-refractivity contribution is 5.81. The zero-order valence-corrected chi connectivity index (χ0v) is 27.9. The van der Waals surface area contributed by atoms with E-state index in [-0.39, 0.29) is 65.3 Å². The molecule has 0 rings (SSSR count). The van der Waals surface area contributed by atoms with Gasteiger partial charge in [-0.2, -0.15) is 0 Å². The first-order chi connectivity index (χ1) is 20.3. The predicted octanol–water partition coefficient (Wildman–Crippen LogP) is 1.15. The SMILES string of the molecule is C=CC(=O)OCC(O)COCC(COCCC[N+](CC)(CC)CC)(COCC(O)COC(=O)CC)CC(CO)[N+](C)(C)C. The molecular formula is C31H62N2O10+2. The maximum Gasteiger partial charge on any atom is 0.330 e. The summed E-state index contributed by atoms with van der Waals surface area (Å²) in [5, 5.41) is 30.9. The Bertz CT molecular complexity index is 764. The summed E-state index contributed by atoms with van der Waals surface area (Å²) in [6, 6.07) is -0.186. The minimum absolute atomic E-state index is 0.0729. The van der Waals surface area contributed by atoms with Crippen LogP contribution in [0.1, 0.15) is 47.0 Å². The number of ether oxygens (including phenoxy) is 5. The molecular weight excluding hydrogens is 560 g/mol. The van der Waals surface area contributed by atoms with Gasteiger partial charge in [0, 0.05) is 30.8 Å². The van der Waals surface area contributed by atoms with Crippen LogP contribution in [0.3, 0.4) is 0 Å². The first kappa shape index (κ1) is 41.4. The number of quaternary nitrogens is 2. The standard InChI is InChI=1S/C31H62N2O10/c1-9-29(37)42-21-27(35)19-40-24-31(17-26(18-34)32(6,7)8,25-41-20-28(36)22-43-30(38)10-2)23-39-16-14-15-33(11-3,12-4)13-5/h9,26-28,34-36H,1,10-25H2,2-8H3/q+2. The molecule has 3 N–H and O–H groups in total. The molecule has 0 saturated heterocycles. The van der Waals surface area contributed by atoms with Crippen LogP contribution in [0, 0.1) is 5.41 Å². The van der Waals surface area contributed by atoms with Crippen LogP contribution in [0.2, 0.25) is 0 Å². The van der Waals surface area contributed by atoms with Gasteiger partial charge in [0.05, 0.1) is 93.6 Å². The van der Waals surface area contributed by atoms with E-state index in [1.165, 1.54) is 0 Å². The van der Waals surface area contributed by atoms with Crippen molar-refractivity contribution in [2.75, 3.05) is 107 Å². The van der Waals surface area contributed by atoms with Gasteiger partial charge in [-0.05, 0) is 20.8 Å². The second kappa shape index (κ2) is 22.0. The van der Waals surface area contributed by atoms with E-state index in [1.54, 1.807) is 6.92 Å². The van der Waals surface area contributed by atoms with E-state index >= 15 is 0 Å². The lowest BCUT2D eigenvalue weighted by Gasteiger charge is -2.41. The summed E-state index contributed by atoms with van der Waals surface area (Å²) in [7, 11) is 5.99. The quantitative estimate of drug-likeness (QED) is 0.0529. The van der Waals surface area contributed by atoms with Crippen molar-refractivity contribution in [3.8, 4) is 0 Å². The molecule has 0 aliphatic heterocycles. The summed E-state index contributed by atoms with van der Waals surface area (Å²) in [6.45, 7) is 16.2. The van der Waals surface area contributed by atoms with E-state index < -0.39 is 29.6 Å². The number of aliphatic hydroxyl groups is 3. The molecule has 4 atom stereocenters. The highest BCUT2D eigenvalue weighted by Gasteiger charge is 2.39. The summed E-state index contributed by atoms with van der Waals surface area (Å²) in [6.07, 6.45) is 0.525. The molecule has 0 spiro atoms. The number of rotatable bonds is 27. The van der Waals surface area contributed by atoms with Crippen LogP contribution in [-0.2, 0) is 33.3 Å². The number of aliphatic hydroxyl groups excluding tert-OH is 3. The smallest absolute Gasteiger partial charge is 0.330 e. The molecule has 12 heteroatoms. The molecule has 0 saturated carbocycles. The number of likely N-dealkylation sites (N-methyl/N-ethyl adjacent to an activating group) is 1. The van der Waals surface area contributed by atoms with Crippen molar-refractivity contribution in [2.45, 2.75) is 65.2 Å². The average Bonchev–Trinajstić information content (AvgIpc) is 2.98. The van der Waals surface area contributed by atoms with Crippen molar-refractivity contribution in [1.29, 1.82) is 0 Å². The van der Waals surface area contributed by atoms with E-state index in [9.17, 15) is 24.9 Å². The highest BCUT2D eigenvalue weighted by atomic mass is 16.6. The van der Waals surface area contributed by atoms with Crippen molar-refractivity contribution >= 4 is 11.9 Å². The number of nitrogens with zero attached hydrogens (tertiary/aromatic N) is 2. The molecule has 0 heterocycles. The summed E-state index contributed by atoms with van der Waals surface area (Å²) in [5.74, 6) is -1.04. The maximum atomic E-state index is 11.5. The second-order valence-electron chi connectivity index (χ2n) is 12.3. The molecule has 0 aromatic heterocycles. The van der Waals surface area contributed by atoms with Crippen LogP contribution >= 0.6 is 0 Å². The van der Waals surface area contributed by atoms with E-state index in [2.05, 4.69) is 27.4 Å². The Balaban J connectivity index is 5.73. The largest absolute Gasteiger partial charge is 0.463 e. The first-order valence-electron chi connectivity index (χ1n) is 15.6. The van der Waals surface area contributed by atoms with Crippen LogP contribution in [0.5, 0.6) is 0 Å². The Morgan fingerprint density at radius 3 is 1.79 bits per heavy atom. The van der Waals surface area contributed by atoms with Crippen molar-refractivity contribution in [3.63, 3.8) is 0 Å². The van der Waals surface area contributed by atoms with Gasteiger partial charge >= 0.3 is 11.9 Å². The number of carbonyl (C=O) groups excluding carboxylic acids is 2. The lowest BCUT2D eigenvalue weighted by Crippen LogP contribution is -2.53. The lowest BCUT2D eigenvalue weighted by atomic mass is 9.82. The van der Waals surface area contributed by atoms with Gasteiger partial charge in [-0.25, -0.2) is 4.79 Å². The van der Waals surface area contributed by atoms with Gasteiger partial charge in [0.2, 0.25) is 0 Å². The number of carbonyl (C=O) groups is 2. The van der Waals surface area contributed by atoms with Gasteiger partial charge in [0.1, 0.15) is 31.5 Å². The van der Waals surface area contributed by atoms with E-state index in [4.69, 9.17) is 23.7 Å². The molecule has 0 bridgehead atoms. The zero-order chi connectivity index (χ0) is 32.9. The number of hydrogen-bond acceptors (Lipinski definition) is 10. The lowest BCUT2D eigenvalue weighted by molar-refractivity contribution is -0.923. The van der Waals surface area contributed by atoms with Crippen LogP contribution in [-0.4, -0.2) is 161 Å². The Kier molecular flexibility index (Phi) is 21.1. The summed E-state index contributed by atoms with van der Waals surface area (Å²) >= 11 is 0. The third-order valence-electron chi connectivity index (χ3n) is 8.06. The van der Waals surface area contributed by atoms with Gasteiger partial charge < -0.3 is 48.0 Å². The Labute approximate surface area is 259 Å². The Hall–Kier alpha value is -1.64. The molecule has 0 aliphatic rings. The van der Waals surface area contributed by atoms with Crippen molar-refractivity contribution in [1.82, 2.24) is 0 Å². The van der Waals surface area contributed by atoms with Crippen LogP contribution < -0.4 is 0 Å². The minimum Gasteiger partial charge on any atom is -0.463 e. The fraction of sp³-hybridized carbons (Fsp3) is 0.871. The monoisotopic (exact) mass is 622 g/mol. The molecule has 0 aromatic rings. The zero-order valence-electron chi connectivity index (χ0n) is 27.9. The van der Waals surface area contributed by atoms with Crippen LogP contribution in [0.15, 0.2) is 12.7 Å². The van der Waals surface area contributed by atoms with E-state index in [0.29, 0.717) is 17.5 Å². The molecule has 12 nitrogen and oxygen atoms in total. The predicted molar refractivity (Wildman–Crippen MR) is 164 cm³/mol. The van der Waals surface area contributed by atoms with E-state index in [1.807, 2.05) is 21.1 Å². The molecule has 254 valence electrons. The molecule has 0 aliphatic carbocycles. The van der Waals surface area contributed by atoms with Crippen LogP contribution in [0.25, 0.3) is 0 Å². The molecule has 4 unspecified atom stereocenters. The Morgan fingerprint density at radius 2 is 1.35 bits per heavy atom. The summed E-state index contributed by atoms with van der Waals surface area (Å²) in [4.78, 5) is 22.8. The van der Waals surface area contributed by atoms with Crippen LogP contribution in [0.4, 0.5) is 0 Å². The average molecular weight is 623 g/mol. The number of hydrogen-bond donors (Lipinski definition) is 3. The maximum absolute atomic E-state index is 11.5. The highest BCUT2D eigenvalue weighted by Crippen LogP contribution is 2.30. The summed E-state index contributed by atoms with van der Waals surface area (Å²) < 4.78 is 29.6. The first-order valence-corrected chi connectivity index (χ1v) is 15.6. The fourth-order valence-corrected chi connectivity index (χ4v) is 4.77. The van der Waals surface area contributed by atoms with Crippen molar-refractivity contribution < 1.29 is 57.6 Å². The topological polar surface area (TPSA) is 141 Å². The number of esters is 2. The van der Waals surface area contributed by atoms with Gasteiger partial charge in [0.15, 0.2) is 0 Å². The molecule has 43 heavy (non-hydrogen) atoms. The second-order valence-corrected chi connectivity index (χ2v) is 12.3. The fourth-order valence-electron chi connectivity index (χ4n) is 4.77. The third kappa shape index (κ3) is 17.4. The van der Waals surface area contributed by atoms with Crippen molar-refractivity contribution in [2.24, 2.45) is 5.41 Å². The van der Waals surface area contributed by atoms with Crippen molar-refractivity contribution in [3.05, 3.63) is 12.7 Å². The molecule has 0 aromatic carbocycles. The van der Waals surface area contributed by atoms with Gasteiger partial charge in [-0.1, -0.05) is 13.5 Å². The molecule has 0 radical (unpaired) electrons. The van der Waals surface area contributed by atoms with Gasteiger partial charge in [0.25, 0.3) is 0 Å². The molecule has 0 amide bonds.